The molecule has 0 aromatic heterocycles. The van der Waals surface area contributed by atoms with Gasteiger partial charge in [0.2, 0.25) is 5.91 Å². The first kappa shape index (κ1) is 18.9. The summed E-state index contributed by atoms with van der Waals surface area (Å²) in [7, 11) is -3.69. The van der Waals surface area contributed by atoms with Crippen LogP contribution in [0.5, 0.6) is 5.75 Å². The second-order valence-corrected chi connectivity index (χ2v) is 7.57. The summed E-state index contributed by atoms with van der Waals surface area (Å²) in [4.78, 5) is 12.2. The van der Waals surface area contributed by atoms with E-state index in [2.05, 4.69) is 15.0 Å². The molecule has 0 aliphatic carbocycles. The van der Waals surface area contributed by atoms with Crippen LogP contribution in [0.15, 0.2) is 57.8 Å². The molecule has 0 radical (unpaired) electrons. The summed E-state index contributed by atoms with van der Waals surface area (Å²) in [5, 5.41) is 5.83. The second kappa shape index (κ2) is 8.22. The first-order chi connectivity index (χ1) is 13.0. The van der Waals surface area contributed by atoms with Crippen molar-refractivity contribution in [2.24, 2.45) is 4.40 Å². The lowest BCUT2D eigenvalue weighted by atomic mass is 10.2. The first-order valence-electron chi connectivity index (χ1n) is 8.70. The molecule has 0 saturated heterocycles. The summed E-state index contributed by atoms with van der Waals surface area (Å²) >= 11 is 0. The molecule has 0 saturated carbocycles. The molecule has 7 nitrogen and oxygen atoms in total. The third-order valence-corrected chi connectivity index (χ3v) is 5.31. The monoisotopic (exact) mass is 387 g/mol. The highest BCUT2D eigenvalue weighted by Crippen LogP contribution is 2.27. The molecule has 27 heavy (non-hydrogen) atoms. The lowest BCUT2D eigenvalue weighted by molar-refractivity contribution is -0.116. The highest BCUT2D eigenvalue weighted by molar-refractivity contribution is 7.90. The van der Waals surface area contributed by atoms with Crippen LogP contribution in [0.1, 0.15) is 26.2 Å². The number of para-hydroxylation sites is 1. The Morgan fingerprint density at radius 1 is 1.15 bits per heavy atom. The maximum atomic E-state index is 12.2. The van der Waals surface area contributed by atoms with Gasteiger partial charge < -0.3 is 15.4 Å². The normalized spacial score (nSPS) is 14.5. The molecule has 0 spiro atoms. The molecular formula is C19H21N3O4S. The van der Waals surface area contributed by atoms with Gasteiger partial charge in [0.15, 0.2) is 0 Å². The number of rotatable bonds is 7. The molecule has 0 atom stereocenters. The molecule has 142 valence electrons. The molecule has 1 heterocycles. The van der Waals surface area contributed by atoms with Crippen molar-refractivity contribution in [2.45, 2.75) is 31.1 Å². The molecule has 8 heteroatoms. The Balaban J connectivity index is 1.51. The van der Waals surface area contributed by atoms with E-state index in [1.54, 1.807) is 42.5 Å². The number of anilines is 2. The van der Waals surface area contributed by atoms with Gasteiger partial charge in [0.05, 0.1) is 12.3 Å². The van der Waals surface area contributed by atoms with Gasteiger partial charge in [-0.15, -0.1) is 4.40 Å². The molecular weight excluding hydrogens is 366 g/mol. The predicted octanol–water partition coefficient (Wildman–Crippen LogP) is 3.41. The van der Waals surface area contributed by atoms with E-state index in [1.165, 1.54) is 6.07 Å². The van der Waals surface area contributed by atoms with Gasteiger partial charge in [-0.25, -0.2) is 0 Å². The molecule has 0 bridgehead atoms. The van der Waals surface area contributed by atoms with Crippen molar-refractivity contribution in [1.29, 1.82) is 0 Å². The van der Waals surface area contributed by atoms with E-state index in [9.17, 15) is 13.2 Å². The van der Waals surface area contributed by atoms with Crippen LogP contribution in [0.2, 0.25) is 0 Å². The number of fused-ring (bicyclic) bond motifs is 1. The van der Waals surface area contributed by atoms with Gasteiger partial charge in [-0.3, -0.25) is 4.79 Å². The van der Waals surface area contributed by atoms with Crippen LogP contribution < -0.4 is 15.4 Å². The predicted molar refractivity (Wildman–Crippen MR) is 105 cm³/mol. The minimum absolute atomic E-state index is 0.140. The maximum Gasteiger partial charge on any atom is 0.286 e. The van der Waals surface area contributed by atoms with Gasteiger partial charge >= 0.3 is 0 Å². The number of nitrogens with one attached hydrogen (secondary N) is 2. The molecule has 0 unspecified atom stereocenters. The molecule has 2 N–H and O–H groups in total. The summed E-state index contributed by atoms with van der Waals surface area (Å²) < 4.78 is 33.5. The SMILES string of the molecule is CCOc1ccc(NC(=O)CCCC2=NS(=O)(=O)c3ccccc3N2)cc1. The molecule has 2 aromatic carbocycles. The maximum absolute atomic E-state index is 12.2. The lowest BCUT2D eigenvalue weighted by Crippen LogP contribution is -2.22. The van der Waals surface area contributed by atoms with Gasteiger partial charge in [-0.1, -0.05) is 12.1 Å². The van der Waals surface area contributed by atoms with E-state index in [1.807, 2.05) is 6.92 Å². The zero-order valence-corrected chi connectivity index (χ0v) is 15.8. The van der Waals surface area contributed by atoms with E-state index in [0.29, 0.717) is 36.7 Å². The van der Waals surface area contributed by atoms with Crippen molar-refractivity contribution in [1.82, 2.24) is 0 Å². The van der Waals surface area contributed by atoms with Gasteiger partial charge in [0.25, 0.3) is 10.0 Å². The number of carbonyl (C=O) groups excluding carboxylic acids is 1. The Hall–Kier alpha value is -2.87. The standard InChI is InChI=1S/C19H21N3O4S/c1-2-26-15-12-10-14(11-13-15)20-19(23)9-5-8-18-21-16-6-3-4-7-17(16)27(24,25)22-18/h3-4,6-7,10-13H,2,5,8-9H2,1H3,(H,20,23)(H,21,22). The summed E-state index contributed by atoms with van der Waals surface area (Å²) in [6.45, 7) is 2.49. The quantitative estimate of drug-likeness (QED) is 0.759. The first-order valence-corrected chi connectivity index (χ1v) is 10.1. The third-order valence-electron chi connectivity index (χ3n) is 3.94. The topological polar surface area (TPSA) is 96.9 Å². The molecule has 1 amide bonds. The molecule has 3 rings (SSSR count). The Bertz CT molecular complexity index is 953. The van der Waals surface area contributed by atoms with Crippen LogP contribution >= 0.6 is 0 Å². The van der Waals surface area contributed by atoms with E-state index in [0.717, 1.165) is 5.75 Å². The Labute approximate surface area is 158 Å². The van der Waals surface area contributed by atoms with Gasteiger partial charge in [-0.05, 0) is 49.7 Å². The van der Waals surface area contributed by atoms with Crippen molar-refractivity contribution in [3.8, 4) is 5.75 Å². The number of benzene rings is 2. The fourth-order valence-corrected chi connectivity index (χ4v) is 3.89. The van der Waals surface area contributed by atoms with Crippen LogP contribution in [-0.2, 0) is 14.8 Å². The number of amidine groups is 1. The molecule has 1 aliphatic heterocycles. The Morgan fingerprint density at radius 2 is 1.89 bits per heavy atom. The van der Waals surface area contributed by atoms with Crippen LogP contribution in [0, 0.1) is 0 Å². The Kier molecular flexibility index (Phi) is 5.75. The van der Waals surface area contributed by atoms with E-state index < -0.39 is 10.0 Å². The van der Waals surface area contributed by atoms with E-state index >= 15 is 0 Å². The van der Waals surface area contributed by atoms with Gasteiger partial charge in [-0.2, -0.15) is 8.42 Å². The molecule has 2 aromatic rings. The van der Waals surface area contributed by atoms with Crippen LogP contribution in [-0.4, -0.2) is 26.8 Å². The van der Waals surface area contributed by atoms with Gasteiger partial charge in [0.1, 0.15) is 16.5 Å². The lowest BCUT2D eigenvalue weighted by Gasteiger charge is -2.17. The molecule has 1 aliphatic rings. The van der Waals surface area contributed by atoms with Crippen molar-refractivity contribution in [3.05, 3.63) is 48.5 Å². The Morgan fingerprint density at radius 3 is 2.63 bits per heavy atom. The van der Waals surface area contributed by atoms with Crippen molar-refractivity contribution < 1.29 is 17.9 Å². The summed E-state index contributed by atoms with van der Waals surface area (Å²) in [6.07, 6.45) is 1.10. The van der Waals surface area contributed by atoms with Crippen LogP contribution in [0.3, 0.4) is 0 Å². The third kappa shape index (κ3) is 4.85. The van der Waals surface area contributed by atoms with E-state index in [4.69, 9.17) is 4.74 Å². The minimum atomic E-state index is -3.69. The fourth-order valence-electron chi connectivity index (χ4n) is 2.72. The highest BCUT2D eigenvalue weighted by atomic mass is 32.2. The summed E-state index contributed by atoms with van der Waals surface area (Å²) in [6, 6.07) is 13.8. The number of carbonyl (C=O) groups is 1. The van der Waals surface area contributed by atoms with Gasteiger partial charge in [0, 0.05) is 18.5 Å². The number of nitrogens with zero attached hydrogens (tertiary/aromatic N) is 1. The average molecular weight is 387 g/mol. The van der Waals surface area contributed by atoms with Crippen molar-refractivity contribution in [2.75, 3.05) is 17.2 Å². The average Bonchev–Trinajstić information content (AvgIpc) is 2.63. The van der Waals surface area contributed by atoms with Crippen molar-refractivity contribution in [3.63, 3.8) is 0 Å². The molecule has 0 fully saturated rings. The smallest absolute Gasteiger partial charge is 0.286 e. The number of hydrogen-bond acceptors (Lipinski definition) is 5. The van der Waals surface area contributed by atoms with E-state index in [-0.39, 0.29) is 17.2 Å². The number of sulfonamides is 1. The fraction of sp³-hybridized carbons (Fsp3) is 0.263. The number of hydrogen-bond donors (Lipinski definition) is 2. The highest BCUT2D eigenvalue weighted by Gasteiger charge is 2.23. The zero-order valence-electron chi connectivity index (χ0n) is 14.9. The minimum Gasteiger partial charge on any atom is -0.494 e. The summed E-state index contributed by atoms with van der Waals surface area (Å²) in [5.41, 5.74) is 1.20. The number of ether oxygens (including phenoxy) is 1. The van der Waals surface area contributed by atoms with Crippen molar-refractivity contribution >= 4 is 33.1 Å². The van der Waals surface area contributed by atoms with Crippen LogP contribution in [0.25, 0.3) is 0 Å². The second-order valence-electron chi connectivity index (χ2n) is 5.99. The summed E-state index contributed by atoms with van der Waals surface area (Å²) in [5.74, 6) is 0.958. The van der Waals surface area contributed by atoms with Crippen LogP contribution in [0.4, 0.5) is 11.4 Å². The largest absolute Gasteiger partial charge is 0.494 e. The zero-order chi connectivity index (χ0) is 19.3. The number of amides is 1.